The van der Waals surface area contributed by atoms with Crippen molar-refractivity contribution in [2.75, 3.05) is 48.0 Å². The topological polar surface area (TPSA) is 134 Å². The first-order valence-corrected chi connectivity index (χ1v) is 11.6. The molecule has 1 fully saturated rings. The summed E-state index contributed by atoms with van der Waals surface area (Å²) in [4.78, 5) is 18.6. The first-order chi connectivity index (χ1) is 15.7. The molecule has 14 heteroatoms. The quantitative estimate of drug-likeness (QED) is 0.543. The number of pyridine rings is 1. The van der Waals surface area contributed by atoms with Gasteiger partial charge in [0, 0.05) is 26.2 Å². The Labute approximate surface area is 187 Å². The van der Waals surface area contributed by atoms with Crippen molar-refractivity contribution in [3.05, 3.63) is 54.1 Å². The molecule has 2 aromatic heterocycles. The van der Waals surface area contributed by atoms with Crippen molar-refractivity contribution in [1.82, 2.24) is 19.5 Å². The van der Waals surface area contributed by atoms with Crippen molar-refractivity contribution in [1.29, 1.82) is 0 Å². The van der Waals surface area contributed by atoms with Crippen LogP contribution in [0, 0.1) is 11.6 Å². The zero-order chi connectivity index (χ0) is 23.6. The smallest absolute Gasteiger partial charge is 0.320 e. The Balaban J connectivity index is 1.36. The molecule has 0 unspecified atom stereocenters. The highest BCUT2D eigenvalue weighted by Crippen LogP contribution is 2.23. The van der Waals surface area contributed by atoms with Gasteiger partial charge in [-0.25, -0.2) is 22.2 Å². The number of amides is 1. The van der Waals surface area contributed by atoms with E-state index in [9.17, 15) is 22.0 Å². The molecule has 3 heterocycles. The fourth-order valence-electron chi connectivity index (χ4n) is 3.17. The monoisotopic (exact) mass is 479 g/mol. The van der Waals surface area contributed by atoms with Gasteiger partial charge in [0.1, 0.15) is 23.1 Å². The molecule has 1 amide bonds. The van der Waals surface area contributed by atoms with Gasteiger partial charge in [0.15, 0.2) is 0 Å². The molecule has 11 nitrogen and oxygen atoms in total. The minimum absolute atomic E-state index is 0.353. The Morgan fingerprint density at radius 1 is 1.06 bits per heavy atom. The molecular weight excluding hydrogens is 460 g/mol. The van der Waals surface area contributed by atoms with Crippen molar-refractivity contribution in [3.8, 4) is 0 Å². The Morgan fingerprint density at radius 2 is 1.76 bits per heavy atom. The SMILES string of the molecule is CS(=O)(=O)N1CCN(c2ccc(NC(=O)c3nnc(Nc4c(F)cccc4F)o3)cn2)CC1. The second-order valence-corrected chi connectivity index (χ2v) is 9.12. The van der Waals surface area contributed by atoms with E-state index in [0.29, 0.717) is 37.7 Å². The van der Waals surface area contributed by atoms with Crippen molar-refractivity contribution < 1.29 is 26.4 Å². The van der Waals surface area contributed by atoms with Gasteiger partial charge < -0.3 is 20.0 Å². The van der Waals surface area contributed by atoms with Crippen LogP contribution < -0.4 is 15.5 Å². The Hall–Kier alpha value is -3.65. The van der Waals surface area contributed by atoms with Crippen molar-refractivity contribution in [2.24, 2.45) is 0 Å². The molecule has 33 heavy (non-hydrogen) atoms. The Morgan fingerprint density at radius 3 is 2.36 bits per heavy atom. The van der Waals surface area contributed by atoms with Crippen LogP contribution in [0.5, 0.6) is 0 Å². The van der Waals surface area contributed by atoms with Gasteiger partial charge in [0.25, 0.3) is 0 Å². The first kappa shape index (κ1) is 22.5. The van der Waals surface area contributed by atoms with Crippen LogP contribution in [0.3, 0.4) is 0 Å². The second kappa shape index (κ2) is 9.07. The van der Waals surface area contributed by atoms with Crippen molar-refractivity contribution >= 4 is 39.1 Å². The molecule has 0 aliphatic carbocycles. The van der Waals surface area contributed by atoms with Crippen LogP contribution in [0.1, 0.15) is 10.7 Å². The highest BCUT2D eigenvalue weighted by Gasteiger charge is 2.24. The molecule has 0 saturated carbocycles. The van der Waals surface area contributed by atoms with E-state index < -0.39 is 39.1 Å². The third kappa shape index (κ3) is 5.23. The number of nitrogens with zero attached hydrogens (tertiary/aromatic N) is 5. The van der Waals surface area contributed by atoms with Gasteiger partial charge in [0.05, 0.1) is 18.1 Å². The van der Waals surface area contributed by atoms with Crippen LogP contribution in [0.4, 0.5) is 32.0 Å². The molecule has 2 N–H and O–H groups in total. The molecule has 3 aromatic rings. The molecule has 174 valence electrons. The molecule has 0 atom stereocenters. The summed E-state index contributed by atoms with van der Waals surface area (Å²) in [5.41, 5.74) is -0.128. The lowest BCUT2D eigenvalue weighted by molar-refractivity contribution is 0.0991. The van der Waals surface area contributed by atoms with E-state index in [4.69, 9.17) is 4.42 Å². The summed E-state index contributed by atoms with van der Waals surface area (Å²) in [6.45, 7) is 1.71. The molecule has 1 aromatic carbocycles. The summed E-state index contributed by atoms with van der Waals surface area (Å²) in [6, 6.07) is 6.26. The molecule has 1 aliphatic heterocycles. The molecule has 1 saturated heterocycles. The van der Waals surface area contributed by atoms with Crippen LogP contribution in [-0.2, 0) is 10.0 Å². The number of para-hydroxylation sites is 1. The fourth-order valence-corrected chi connectivity index (χ4v) is 4.00. The van der Waals surface area contributed by atoms with Gasteiger partial charge in [-0.2, -0.15) is 4.31 Å². The number of aromatic nitrogens is 3. The maximum Gasteiger partial charge on any atom is 0.320 e. The number of rotatable bonds is 6. The van der Waals surface area contributed by atoms with E-state index in [-0.39, 0.29) is 6.01 Å². The minimum atomic E-state index is -3.22. The normalized spacial score (nSPS) is 14.8. The Kier molecular flexibility index (Phi) is 6.20. The zero-order valence-corrected chi connectivity index (χ0v) is 18.1. The zero-order valence-electron chi connectivity index (χ0n) is 17.3. The second-order valence-electron chi connectivity index (χ2n) is 7.14. The van der Waals surface area contributed by atoms with Crippen molar-refractivity contribution in [2.45, 2.75) is 0 Å². The van der Waals surface area contributed by atoms with E-state index in [1.165, 1.54) is 22.8 Å². The lowest BCUT2D eigenvalue weighted by Crippen LogP contribution is -2.48. The lowest BCUT2D eigenvalue weighted by Gasteiger charge is -2.33. The summed E-state index contributed by atoms with van der Waals surface area (Å²) in [5.74, 6) is -2.24. The Bertz CT molecular complexity index is 1240. The average Bonchev–Trinajstić information content (AvgIpc) is 3.25. The highest BCUT2D eigenvalue weighted by atomic mass is 32.2. The number of nitrogens with one attached hydrogen (secondary N) is 2. The number of hydrogen-bond donors (Lipinski definition) is 2. The van der Waals surface area contributed by atoms with E-state index in [1.54, 1.807) is 12.1 Å². The van der Waals surface area contributed by atoms with Crippen LogP contribution in [0.15, 0.2) is 40.9 Å². The maximum absolute atomic E-state index is 13.7. The number of benzene rings is 1. The molecule has 0 radical (unpaired) electrons. The van der Waals surface area contributed by atoms with Crippen LogP contribution >= 0.6 is 0 Å². The number of hydrogen-bond acceptors (Lipinski definition) is 9. The highest BCUT2D eigenvalue weighted by molar-refractivity contribution is 7.88. The maximum atomic E-state index is 13.7. The number of carbonyl (C=O) groups excluding carboxylic acids is 1. The number of piperazine rings is 1. The van der Waals surface area contributed by atoms with E-state index in [2.05, 4.69) is 25.8 Å². The summed E-state index contributed by atoms with van der Waals surface area (Å²) in [5, 5.41) is 12.0. The van der Waals surface area contributed by atoms with Crippen LogP contribution in [0.25, 0.3) is 0 Å². The number of halogens is 2. The van der Waals surface area contributed by atoms with Gasteiger partial charge in [0.2, 0.25) is 10.0 Å². The molecule has 4 rings (SSSR count). The predicted molar refractivity (Wildman–Crippen MR) is 115 cm³/mol. The first-order valence-electron chi connectivity index (χ1n) is 9.73. The van der Waals surface area contributed by atoms with Crippen LogP contribution in [0.2, 0.25) is 0 Å². The number of sulfonamides is 1. The molecule has 1 aliphatic rings. The largest absolute Gasteiger partial charge is 0.399 e. The molecule has 0 spiro atoms. The molecule has 0 bridgehead atoms. The number of carbonyl (C=O) groups is 1. The summed E-state index contributed by atoms with van der Waals surface area (Å²) < 4.78 is 57.2. The molecular formula is C19H19F2N7O4S. The van der Waals surface area contributed by atoms with E-state index in [1.807, 2.05) is 4.90 Å². The van der Waals surface area contributed by atoms with Gasteiger partial charge in [-0.05, 0) is 24.3 Å². The van der Waals surface area contributed by atoms with E-state index >= 15 is 0 Å². The van der Waals surface area contributed by atoms with Crippen LogP contribution in [-0.4, -0.2) is 66.2 Å². The van der Waals surface area contributed by atoms with Gasteiger partial charge in [-0.1, -0.05) is 11.2 Å². The standard InChI is InChI=1S/C19H19F2N7O4S/c1-33(30,31)28-9-7-27(8-10-28)15-6-5-12(11-22-15)23-17(29)18-25-26-19(32-18)24-16-13(20)3-2-4-14(16)21/h2-6,11H,7-10H2,1H3,(H,23,29)(H,24,26). The van der Waals surface area contributed by atoms with Gasteiger partial charge in [-0.3, -0.25) is 4.79 Å². The fraction of sp³-hybridized carbons (Fsp3) is 0.263. The third-order valence-electron chi connectivity index (χ3n) is 4.85. The van der Waals surface area contributed by atoms with E-state index in [0.717, 1.165) is 12.1 Å². The third-order valence-corrected chi connectivity index (χ3v) is 6.15. The predicted octanol–water partition coefficient (Wildman–Crippen LogP) is 1.82. The number of anilines is 4. The van der Waals surface area contributed by atoms with Gasteiger partial charge in [-0.15, -0.1) is 5.10 Å². The summed E-state index contributed by atoms with van der Waals surface area (Å²) in [7, 11) is -3.22. The van der Waals surface area contributed by atoms with Gasteiger partial charge >= 0.3 is 17.8 Å². The lowest BCUT2D eigenvalue weighted by atomic mass is 10.3. The summed E-state index contributed by atoms with van der Waals surface area (Å²) in [6.07, 6.45) is 2.61. The minimum Gasteiger partial charge on any atom is -0.399 e. The average molecular weight is 479 g/mol. The summed E-state index contributed by atoms with van der Waals surface area (Å²) >= 11 is 0. The van der Waals surface area contributed by atoms with Crippen molar-refractivity contribution in [3.63, 3.8) is 0 Å².